The van der Waals surface area contributed by atoms with Gasteiger partial charge in [-0.1, -0.05) is 13.1 Å². The van der Waals surface area contributed by atoms with Gasteiger partial charge in [-0.05, 0) is 0 Å². The zero-order valence-electron chi connectivity index (χ0n) is 5.14. The number of hydrogen-bond acceptors (Lipinski definition) is 0. The molecule has 0 saturated carbocycles. The summed E-state index contributed by atoms with van der Waals surface area (Å²) >= 11 is 0. The molecule has 43 valence electrons. The van der Waals surface area contributed by atoms with Crippen molar-refractivity contribution in [2.75, 3.05) is 0 Å². The van der Waals surface area contributed by atoms with E-state index in [2.05, 4.69) is 19.6 Å². The summed E-state index contributed by atoms with van der Waals surface area (Å²) in [6, 6.07) is 0. The van der Waals surface area contributed by atoms with Gasteiger partial charge in [-0.15, -0.1) is 8.80 Å². The van der Waals surface area contributed by atoms with Crippen LogP contribution in [0.1, 0.15) is 0 Å². The van der Waals surface area contributed by atoms with Crippen LogP contribution in [0.4, 0.5) is 0 Å². The van der Waals surface area contributed by atoms with E-state index in [4.69, 9.17) is 0 Å². The topological polar surface area (TPSA) is 0 Å². The molecule has 0 nitrogen and oxygen atoms in total. The smallest absolute Gasteiger partial charge is 0 e. The maximum absolute atomic E-state index is 3.74. The number of rotatable bonds is 0. The van der Waals surface area contributed by atoms with Gasteiger partial charge in [-0.25, -0.2) is 0 Å². The first kappa shape index (κ1) is 29.9. The van der Waals surface area contributed by atoms with Crippen LogP contribution in [0.3, 0.4) is 0 Å². The zero-order valence-corrected chi connectivity index (χ0v) is 17.5. The van der Waals surface area contributed by atoms with Crippen LogP contribution in [0.15, 0.2) is 0 Å². The fraction of sp³-hybridized carbons (Fsp3) is 0.667. The molecule has 0 spiro atoms. The normalized spacial score (nSPS) is 4.50. The van der Waals surface area contributed by atoms with E-state index >= 15 is 0 Å². The van der Waals surface area contributed by atoms with Gasteiger partial charge in [0.15, 0.2) is 0 Å². The Labute approximate surface area is 129 Å². The van der Waals surface area contributed by atoms with Gasteiger partial charge in [0.25, 0.3) is 0 Å². The summed E-state index contributed by atoms with van der Waals surface area (Å²) in [5.41, 5.74) is 0. The summed E-state index contributed by atoms with van der Waals surface area (Å²) in [5.74, 6) is 0. The summed E-state index contributed by atoms with van der Waals surface area (Å²) in [7, 11) is -0.130. The first-order valence-electron chi connectivity index (χ1n) is 1.35. The van der Waals surface area contributed by atoms with Crippen LogP contribution in [0.25, 0.3) is 0 Å². The maximum atomic E-state index is 3.74. The minimum atomic E-state index is -0.130. The molecule has 0 amide bonds. The molecule has 0 aromatic rings. The Morgan fingerprint density at radius 2 is 1.25 bits per heavy atom. The third-order valence-electron chi connectivity index (χ3n) is 0. The summed E-state index contributed by atoms with van der Waals surface area (Å²) in [5, 5.41) is 0. The number of hydrogen-bond donors (Lipinski definition) is 0. The van der Waals surface area contributed by atoms with Crippen molar-refractivity contribution in [2.45, 2.75) is 13.1 Å². The van der Waals surface area contributed by atoms with Crippen molar-refractivity contribution in [3.63, 3.8) is 0 Å². The Hall–Kier alpha value is 3.65. The second-order valence-corrected chi connectivity index (χ2v) is 3.62. The van der Waals surface area contributed by atoms with E-state index < -0.39 is 0 Å². The molecule has 0 aromatic carbocycles. The molecule has 0 aliphatic heterocycles. The van der Waals surface area contributed by atoms with Crippen molar-refractivity contribution in [2.24, 2.45) is 0 Å². The van der Waals surface area contributed by atoms with Crippen molar-refractivity contribution < 1.29 is 103 Å². The van der Waals surface area contributed by atoms with E-state index in [1.165, 1.54) is 0 Å². The molecule has 5 heteroatoms. The van der Waals surface area contributed by atoms with E-state index in [1.54, 1.807) is 0 Å². The molecule has 0 unspecified atom stereocenters. The molecule has 0 saturated heterocycles. The molecular formula is C3H8SiUVWY-. The molecule has 0 N–H and O–H groups in total. The van der Waals surface area contributed by atoms with Gasteiger partial charge >= 0.3 is 0 Å². The molecular weight excluding hydrogens is 626 g/mol. The second-order valence-electron chi connectivity index (χ2n) is 1.21. The van der Waals surface area contributed by atoms with Gasteiger partial charge < -0.3 is 6.55 Å². The van der Waals surface area contributed by atoms with E-state index in [9.17, 15) is 0 Å². The van der Waals surface area contributed by atoms with Gasteiger partial charge in [0.2, 0.25) is 0 Å². The Kier molecular flexibility index (Phi) is 83.8. The van der Waals surface area contributed by atoms with Gasteiger partial charge in [0.1, 0.15) is 0 Å². The third-order valence-corrected chi connectivity index (χ3v) is 0. The van der Waals surface area contributed by atoms with Crippen LogP contribution in [0, 0.1) is 37.7 Å². The van der Waals surface area contributed by atoms with Crippen LogP contribution in [-0.2, 0) is 72.3 Å². The molecule has 0 rings (SSSR count). The summed E-state index contributed by atoms with van der Waals surface area (Å²) in [6.07, 6.45) is 0. The van der Waals surface area contributed by atoms with Crippen LogP contribution in [0.5, 0.6) is 0 Å². The van der Waals surface area contributed by atoms with Crippen molar-refractivity contribution in [1.29, 1.82) is 0 Å². The second kappa shape index (κ2) is 22.4. The van der Waals surface area contributed by atoms with E-state index in [1.807, 2.05) is 0 Å². The Bertz CT molecular complexity index is 24.0. The quantitative estimate of drug-likeness (QED) is 0.277. The van der Waals surface area contributed by atoms with Crippen LogP contribution in [-0.4, -0.2) is 8.80 Å². The first-order chi connectivity index (χ1) is 1.73. The van der Waals surface area contributed by atoms with Gasteiger partial charge in [0, 0.05) is 103 Å². The van der Waals surface area contributed by atoms with Crippen LogP contribution in [0.2, 0.25) is 13.1 Å². The zero-order chi connectivity index (χ0) is 3.58. The van der Waals surface area contributed by atoms with Crippen molar-refractivity contribution in [3.05, 3.63) is 6.55 Å². The monoisotopic (exact) mass is 634 g/mol. The largest absolute Gasteiger partial charge is 0.346 e. The minimum absolute atomic E-state index is 0. The fourth-order valence-electron chi connectivity index (χ4n) is 0. The summed E-state index contributed by atoms with van der Waals surface area (Å²) in [4.78, 5) is 0. The van der Waals surface area contributed by atoms with Gasteiger partial charge in [-0.3, -0.25) is 0 Å². The average molecular weight is 634 g/mol. The average Bonchev–Trinajstić information content (AvgIpc) is 0.811. The first-order valence-corrected chi connectivity index (χ1v) is 4.06. The van der Waals surface area contributed by atoms with Gasteiger partial charge in [-0.2, -0.15) is 0 Å². The molecule has 0 fully saturated rings. The van der Waals surface area contributed by atoms with E-state index in [-0.39, 0.29) is 112 Å². The van der Waals surface area contributed by atoms with Crippen molar-refractivity contribution in [1.82, 2.24) is 0 Å². The van der Waals surface area contributed by atoms with Crippen molar-refractivity contribution in [3.8, 4) is 0 Å². The van der Waals surface area contributed by atoms with Crippen LogP contribution < -0.4 is 0 Å². The Morgan fingerprint density at radius 1 is 1.25 bits per heavy atom. The van der Waals surface area contributed by atoms with E-state index in [0.29, 0.717) is 0 Å². The molecule has 0 aliphatic carbocycles. The van der Waals surface area contributed by atoms with Gasteiger partial charge in [0.05, 0.1) is 0 Å². The SMILES string of the molecule is [CH2-][Si](C)C.[U].[V].[W].[Y]. The molecule has 8 heavy (non-hydrogen) atoms. The molecule has 0 aliphatic rings. The predicted molar refractivity (Wildman–Crippen MR) is 22.8 cm³/mol. The third kappa shape index (κ3) is 54.2. The minimum Gasteiger partial charge on any atom is -0.346 e. The summed E-state index contributed by atoms with van der Waals surface area (Å²) < 4.78 is 0. The van der Waals surface area contributed by atoms with E-state index in [0.717, 1.165) is 0 Å². The summed E-state index contributed by atoms with van der Waals surface area (Å²) in [6.45, 7) is 8.06. The molecule has 0 heterocycles. The maximum Gasteiger partial charge on any atom is 0 e. The molecule has 3 radical (unpaired) electrons. The van der Waals surface area contributed by atoms with Crippen LogP contribution >= 0.6 is 0 Å². The Morgan fingerprint density at radius 3 is 1.25 bits per heavy atom. The molecule has 0 aromatic heterocycles. The van der Waals surface area contributed by atoms with Crippen molar-refractivity contribution >= 4 is 8.80 Å². The predicted octanol–water partition coefficient (Wildman–Crippen LogP) is 1.11. The Balaban J connectivity index is -0.00000000750. The molecule has 0 bridgehead atoms. The fourth-order valence-corrected chi connectivity index (χ4v) is 0. The molecule has 0 atom stereocenters. The standard InChI is InChI=1S/C3H8Si.U.V.W.Y/c1-4(2)3;;;;/h1H2,2-3H3;;;;/q-1;;;;.